The van der Waals surface area contributed by atoms with Crippen LogP contribution in [0.25, 0.3) is 0 Å². The first kappa shape index (κ1) is 17.5. The summed E-state index contributed by atoms with van der Waals surface area (Å²) in [6.45, 7) is 6.04. The standard InChI is InChI=1S/C20H28N4O/c1-14(2)25-18-11-9-17(10-12-18)23-20-21-15(3)13-19(24-20)22-16-7-5-4-6-8-16/h9-14,16H,4-8H2,1-3H3,(H2,21,22,23,24). The second-order valence-electron chi connectivity index (χ2n) is 7.01. The predicted octanol–water partition coefficient (Wildman–Crippen LogP) is 5.06. The first-order valence-electron chi connectivity index (χ1n) is 9.24. The lowest BCUT2D eigenvalue weighted by Gasteiger charge is -2.23. The van der Waals surface area contributed by atoms with E-state index in [4.69, 9.17) is 4.74 Å². The summed E-state index contributed by atoms with van der Waals surface area (Å²) in [5, 5.41) is 6.85. The smallest absolute Gasteiger partial charge is 0.229 e. The highest BCUT2D eigenvalue weighted by Gasteiger charge is 2.14. The highest BCUT2D eigenvalue weighted by atomic mass is 16.5. The van der Waals surface area contributed by atoms with Gasteiger partial charge in [0, 0.05) is 23.5 Å². The van der Waals surface area contributed by atoms with Gasteiger partial charge in [-0.05, 0) is 57.9 Å². The summed E-state index contributed by atoms with van der Waals surface area (Å²) < 4.78 is 5.67. The van der Waals surface area contributed by atoms with Crippen molar-refractivity contribution in [3.8, 4) is 5.75 Å². The molecule has 25 heavy (non-hydrogen) atoms. The van der Waals surface area contributed by atoms with E-state index in [0.29, 0.717) is 12.0 Å². The van der Waals surface area contributed by atoms with Crippen LogP contribution in [0.4, 0.5) is 17.5 Å². The van der Waals surface area contributed by atoms with Crippen LogP contribution >= 0.6 is 0 Å². The lowest BCUT2D eigenvalue weighted by molar-refractivity contribution is 0.242. The van der Waals surface area contributed by atoms with Crippen molar-refractivity contribution in [3.63, 3.8) is 0 Å². The van der Waals surface area contributed by atoms with E-state index in [1.54, 1.807) is 0 Å². The van der Waals surface area contributed by atoms with Crippen LogP contribution in [-0.2, 0) is 0 Å². The van der Waals surface area contributed by atoms with Crippen LogP contribution in [0, 0.1) is 6.92 Å². The van der Waals surface area contributed by atoms with Gasteiger partial charge in [-0.3, -0.25) is 0 Å². The van der Waals surface area contributed by atoms with Crippen LogP contribution < -0.4 is 15.4 Å². The van der Waals surface area contributed by atoms with Crippen molar-refractivity contribution in [2.24, 2.45) is 0 Å². The van der Waals surface area contributed by atoms with Gasteiger partial charge in [-0.2, -0.15) is 4.98 Å². The lowest BCUT2D eigenvalue weighted by atomic mass is 9.95. The van der Waals surface area contributed by atoms with Crippen molar-refractivity contribution < 1.29 is 4.74 Å². The van der Waals surface area contributed by atoms with Crippen molar-refractivity contribution in [2.45, 2.75) is 65.0 Å². The van der Waals surface area contributed by atoms with Gasteiger partial charge < -0.3 is 15.4 Å². The van der Waals surface area contributed by atoms with Crippen molar-refractivity contribution in [2.75, 3.05) is 10.6 Å². The molecule has 2 N–H and O–H groups in total. The number of anilines is 3. The molecule has 1 heterocycles. The summed E-state index contributed by atoms with van der Waals surface area (Å²) in [6, 6.07) is 10.4. The SMILES string of the molecule is Cc1cc(NC2CCCCC2)nc(Nc2ccc(OC(C)C)cc2)n1. The second kappa shape index (κ2) is 8.19. The van der Waals surface area contributed by atoms with Crippen molar-refractivity contribution in [3.05, 3.63) is 36.0 Å². The molecule has 0 amide bonds. The third-order valence-corrected chi connectivity index (χ3v) is 4.29. The molecule has 0 unspecified atom stereocenters. The largest absolute Gasteiger partial charge is 0.491 e. The molecule has 1 aromatic heterocycles. The van der Waals surface area contributed by atoms with Gasteiger partial charge in [0.1, 0.15) is 11.6 Å². The highest BCUT2D eigenvalue weighted by molar-refractivity contribution is 5.56. The molecule has 1 saturated carbocycles. The van der Waals surface area contributed by atoms with Gasteiger partial charge in [0.15, 0.2) is 0 Å². The van der Waals surface area contributed by atoms with E-state index >= 15 is 0 Å². The molecule has 0 bridgehead atoms. The minimum atomic E-state index is 0.173. The van der Waals surface area contributed by atoms with Crippen molar-refractivity contribution in [1.29, 1.82) is 0 Å². The van der Waals surface area contributed by atoms with E-state index in [2.05, 4.69) is 20.6 Å². The minimum Gasteiger partial charge on any atom is -0.491 e. The quantitative estimate of drug-likeness (QED) is 0.769. The van der Waals surface area contributed by atoms with Crippen molar-refractivity contribution >= 4 is 17.5 Å². The van der Waals surface area contributed by atoms with Gasteiger partial charge in [0.05, 0.1) is 6.10 Å². The Hall–Kier alpha value is -2.30. The Bertz CT molecular complexity index is 679. The van der Waals surface area contributed by atoms with E-state index in [1.165, 1.54) is 32.1 Å². The van der Waals surface area contributed by atoms with Crippen LogP contribution in [0.3, 0.4) is 0 Å². The molecule has 1 aliphatic carbocycles. The molecule has 1 aliphatic rings. The molecule has 1 fully saturated rings. The number of hydrogen-bond donors (Lipinski definition) is 2. The van der Waals surface area contributed by atoms with Gasteiger partial charge in [0.2, 0.25) is 5.95 Å². The topological polar surface area (TPSA) is 59.1 Å². The molecule has 0 radical (unpaired) electrons. The lowest BCUT2D eigenvalue weighted by Crippen LogP contribution is -2.23. The number of nitrogens with one attached hydrogen (secondary N) is 2. The summed E-state index contributed by atoms with van der Waals surface area (Å²) in [5.41, 5.74) is 1.90. The summed E-state index contributed by atoms with van der Waals surface area (Å²) in [4.78, 5) is 9.13. The third kappa shape index (κ3) is 5.34. The van der Waals surface area contributed by atoms with Gasteiger partial charge in [-0.25, -0.2) is 4.98 Å². The van der Waals surface area contributed by atoms with E-state index in [0.717, 1.165) is 22.9 Å². The van der Waals surface area contributed by atoms with Gasteiger partial charge in [-0.15, -0.1) is 0 Å². The fourth-order valence-corrected chi connectivity index (χ4v) is 3.17. The van der Waals surface area contributed by atoms with Crippen LogP contribution in [0.1, 0.15) is 51.6 Å². The Morgan fingerprint density at radius 1 is 1.04 bits per heavy atom. The Morgan fingerprint density at radius 2 is 1.76 bits per heavy atom. The van der Waals surface area contributed by atoms with Gasteiger partial charge >= 0.3 is 0 Å². The molecular formula is C20H28N4O. The molecule has 5 heteroatoms. The molecule has 3 rings (SSSR count). The number of hydrogen-bond acceptors (Lipinski definition) is 5. The molecule has 1 aromatic carbocycles. The van der Waals surface area contributed by atoms with E-state index in [-0.39, 0.29) is 6.10 Å². The summed E-state index contributed by atoms with van der Waals surface area (Å²) in [5.74, 6) is 2.39. The normalized spacial score (nSPS) is 15.2. The number of benzene rings is 1. The predicted molar refractivity (Wildman–Crippen MR) is 103 cm³/mol. The maximum Gasteiger partial charge on any atom is 0.229 e. The summed E-state index contributed by atoms with van der Waals surface area (Å²) in [6.07, 6.45) is 6.58. The fourth-order valence-electron chi connectivity index (χ4n) is 3.17. The molecule has 5 nitrogen and oxygen atoms in total. The first-order chi connectivity index (χ1) is 12.1. The number of rotatable bonds is 6. The molecule has 0 saturated heterocycles. The molecule has 0 spiro atoms. The van der Waals surface area contributed by atoms with E-state index in [1.807, 2.05) is 51.1 Å². The highest BCUT2D eigenvalue weighted by Crippen LogP contribution is 2.23. The number of aromatic nitrogens is 2. The first-order valence-corrected chi connectivity index (χ1v) is 9.24. The second-order valence-corrected chi connectivity index (χ2v) is 7.01. The minimum absolute atomic E-state index is 0.173. The Labute approximate surface area is 150 Å². The number of nitrogens with zero attached hydrogens (tertiary/aromatic N) is 2. The maximum absolute atomic E-state index is 5.67. The van der Waals surface area contributed by atoms with Gasteiger partial charge in [0.25, 0.3) is 0 Å². The molecule has 0 atom stereocenters. The number of ether oxygens (including phenoxy) is 1. The molecule has 2 aromatic rings. The Kier molecular flexibility index (Phi) is 5.74. The average Bonchev–Trinajstić information content (AvgIpc) is 2.56. The monoisotopic (exact) mass is 340 g/mol. The van der Waals surface area contributed by atoms with Gasteiger partial charge in [-0.1, -0.05) is 19.3 Å². The molecule has 134 valence electrons. The third-order valence-electron chi connectivity index (χ3n) is 4.29. The van der Waals surface area contributed by atoms with E-state index in [9.17, 15) is 0 Å². The maximum atomic E-state index is 5.67. The van der Waals surface area contributed by atoms with Crippen molar-refractivity contribution in [1.82, 2.24) is 9.97 Å². The summed E-state index contributed by atoms with van der Waals surface area (Å²) >= 11 is 0. The van der Waals surface area contributed by atoms with Crippen LogP contribution in [-0.4, -0.2) is 22.1 Å². The zero-order valence-corrected chi connectivity index (χ0v) is 15.4. The van der Waals surface area contributed by atoms with E-state index < -0.39 is 0 Å². The molecular weight excluding hydrogens is 312 g/mol. The average molecular weight is 340 g/mol. The zero-order chi connectivity index (χ0) is 17.6. The van der Waals surface area contributed by atoms with Crippen LogP contribution in [0.15, 0.2) is 30.3 Å². The Morgan fingerprint density at radius 3 is 2.44 bits per heavy atom. The zero-order valence-electron chi connectivity index (χ0n) is 15.4. The van der Waals surface area contributed by atoms with Crippen LogP contribution in [0.5, 0.6) is 5.75 Å². The Balaban J connectivity index is 1.67. The molecule has 0 aliphatic heterocycles. The summed E-state index contributed by atoms with van der Waals surface area (Å²) in [7, 11) is 0. The van der Waals surface area contributed by atoms with Crippen LogP contribution in [0.2, 0.25) is 0 Å². The fraction of sp³-hybridized carbons (Fsp3) is 0.500. The number of aryl methyl sites for hydroxylation is 1.